The lowest BCUT2D eigenvalue weighted by Crippen LogP contribution is -2.47. The van der Waals surface area contributed by atoms with Gasteiger partial charge >= 0.3 is 6.03 Å². The molecule has 3 N–H and O–H groups in total. The fourth-order valence-electron chi connectivity index (χ4n) is 5.14. The second-order valence-electron chi connectivity index (χ2n) is 10.4. The zero-order valence-electron chi connectivity index (χ0n) is 22.4. The topological polar surface area (TPSA) is 85.9 Å². The fourth-order valence-corrected chi connectivity index (χ4v) is 5.14. The summed E-state index contributed by atoms with van der Waals surface area (Å²) in [7, 11) is 1.70. The van der Waals surface area contributed by atoms with Gasteiger partial charge in [-0.2, -0.15) is 0 Å². The molecular formula is C29H41N5O3. The smallest absolute Gasteiger partial charge is 0.319 e. The zero-order valence-corrected chi connectivity index (χ0v) is 22.4. The van der Waals surface area contributed by atoms with Crippen LogP contribution in [-0.2, 0) is 0 Å². The maximum absolute atomic E-state index is 13.2. The predicted molar refractivity (Wildman–Crippen MR) is 150 cm³/mol. The van der Waals surface area contributed by atoms with E-state index in [-0.39, 0.29) is 18.0 Å². The van der Waals surface area contributed by atoms with Crippen molar-refractivity contribution in [2.24, 2.45) is 5.92 Å². The molecule has 0 unspecified atom stereocenters. The summed E-state index contributed by atoms with van der Waals surface area (Å²) in [5, 5.41) is 9.09. The van der Waals surface area contributed by atoms with Crippen molar-refractivity contribution in [2.75, 3.05) is 55.0 Å². The molecule has 1 aliphatic heterocycles. The van der Waals surface area contributed by atoms with Gasteiger partial charge in [0.1, 0.15) is 5.75 Å². The number of carbonyl (C=O) groups excluding carboxylic acids is 2. The number of urea groups is 1. The number of carbonyl (C=O) groups is 2. The molecule has 200 valence electrons. The first kappa shape index (κ1) is 26.6. The molecule has 4 rings (SSSR count). The number of para-hydroxylation sites is 2. The van der Waals surface area contributed by atoms with Crippen molar-refractivity contribution < 1.29 is 14.3 Å². The molecule has 2 aromatic carbocycles. The molecule has 0 radical (unpaired) electrons. The van der Waals surface area contributed by atoms with Crippen molar-refractivity contribution in [1.29, 1.82) is 0 Å². The maximum Gasteiger partial charge on any atom is 0.319 e. The third kappa shape index (κ3) is 7.08. The van der Waals surface area contributed by atoms with Crippen molar-refractivity contribution in [3.05, 3.63) is 48.0 Å². The van der Waals surface area contributed by atoms with Crippen LogP contribution in [0.25, 0.3) is 0 Å². The van der Waals surface area contributed by atoms with Crippen LogP contribution in [0.5, 0.6) is 5.75 Å². The maximum atomic E-state index is 13.2. The van der Waals surface area contributed by atoms with Crippen LogP contribution >= 0.6 is 0 Å². The SMILES string of the molecule is COc1ccccc1N1CCN(c2ccc(NC(=O)NC3CCCCC3)cc2C(=O)NCC(C)C)CC1. The van der Waals surface area contributed by atoms with Gasteiger partial charge < -0.3 is 30.5 Å². The number of amides is 3. The molecule has 0 aromatic heterocycles. The summed E-state index contributed by atoms with van der Waals surface area (Å²) in [4.78, 5) is 30.5. The Hall–Kier alpha value is -3.42. The Balaban J connectivity index is 1.48. The van der Waals surface area contributed by atoms with Crippen molar-refractivity contribution in [3.63, 3.8) is 0 Å². The summed E-state index contributed by atoms with van der Waals surface area (Å²) in [6.45, 7) is 7.93. The summed E-state index contributed by atoms with van der Waals surface area (Å²) >= 11 is 0. The van der Waals surface area contributed by atoms with Gasteiger partial charge in [0.15, 0.2) is 0 Å². The number of benzene rings is 2. The molecule has 2 aromatic rings. The Morgan fingerprint density at radius 3 is 2.30 bits per heavy atom. The summed E-state index contributed by atoms with van der Waals surface area (Å²) in [5.41, 5.74) is 3.18. The predicted octanol–water partition coefficient (Wildman–Crippen LogP) is 4.86. The number of hydrogen-bond acceptors (Lipinski definition) is 5. The molecule has 1 heterocycles. The molecule has 3 amide bonds. The Kier molecular flexibility index (Phi) is 9.14. The van der Waals surface area contributed by atoms with Crippen LogP contribution in [0.15, 0.2) is 42.5 Å². The molecule has 1 aliphatic carbocycles. The van der Waals surface area contributed by atoms with E-state index in [4.69, 9.17) is 4.74 Å². The van der Waals surface area contributed by atoms with Gasteiger partial charge in [0.05, 0.1) is 18.4 Å². The lowest BCUT2D eigenvalue weighted by molar-refractivity contribution is 0.0949. The van der Waals surface area contributed by atoms with E-state index in [1.54, 1.807) is 13.2 Å². The third-order valence-corrected chi connectivity index (χ3v) is 7.16. The molecule has 8 heteroatoms. The van der Waals surface area contributed by atoms with E-state index in [1.165, 1.54) is 6.42 Å². The molecule has 0 bridgehead atoms. The highest BCUT2D eigenvalue weighted by molar-refractivity contribution is 6.02. The molecule has 8 nitrogen and oxygen atoms in total. The Labute approximate surface area is 220 Å². The Bertz CT molecular complexity index is 1060. The standard InChI is InChI=1S/C29H41N5O3/c1-21(2)20-30-28(35)24-19-23(32-29(36)31-22-9-5-4-6-10-22)13-14-25(24)33-15-17-34(18-16-33)26-11-7-8-12-27(26)37-3/h7-8,11-14,19,21-22H,4-6,9-10,15-18,20H2,1-3H3,(H,30,35)(H2,31,32,36). The largest absolute Gasteiger partial charge is 0.495 e. The third-order valence-electron chi connectivity index (χ3n) is 7.16. The van der Waals surface area contributed by atoms with Crippen LogP contribution in [-0.4, -0.2) is 57.8 Å². The van der Waals surface area contributed by atoms with E-state index < -0.39 is 0 Å². The van der Waals surface area contributed by atoms with Gasteiger partial charge in [-0.05, 0) is 49.1 Å². The first-order valence-corrected chi connectivity index (χ1v) is 13.6. The number of ether oxygens (including phenoxy) is 1. The van der Waals surface area contributed by atoms with Gasteiger partial charge in [0.2, 0.25) is 0 Å². The van der Waals surface area contributed by atoms with Crippen LogP contribution in [0.2, 0.25) is 0 Å². The van der Waals surface area contributed by atoms with Gasteiger partial charge in [-0.1, -0.05) is 45.2 Å². The van der Waals surface area contributed by atoms with E-state index in [0.717, 1.165) is 69.0 Å². The molecule has 2 aliphatic rings. The monoisotopic (exact) mass is 507 g/mol. The number of rotatable bonds is 8. The molecule has 37 heavy (non-hydrogen) atoms. The summed E-state index contributed by atoms with van der Waals surface area (Å²) in [6.07, 6.45) is 5.60. The van der Waals surface area contributed by atoms with E-state index >= 15 is 0 Å². The van der Waals surface area contributed by atoms with E-state index in [2.05, 4.69) is 45.7 Å². The Morgan fingerprint density at radius 2 is 1.62 bits per heavy atom. The van der Waals surface area contributed by atoms with Crippen molar-refractivity contribution in [1.82, 2.24) is 10.6 Å². The molecule has 0 spiro atoms. The highest BCUT2D eigenvalue weighted by Crippen LogP contribution is 2.31. The van der Waals surface area contributed by atoms with Gasteiger partial charge in [0, 0.05) is 50.1 Å². The average molecular weight is 508 g/mol. The minimum atomic E-state index is -0.210. The average Bonchev–Trinajstić information content (AvgIpc) is 2.92. The second kappa shape index (κ2) is 12.7. The van der Waals surface area contributed by atoms with Crippen LogP contribution in [0, 0.1) is 5.92 Å². The van der Waals surface area contributed by atoms with Gasteiger partial charge in [-0.3, -0.25) is 4.79 Å². The number of nitrogens with zero attached hydrogens (tertiary/aromatic N) is 2. The van der Waals surface area contributed by atoms with E-state index in [1.807, 2.05) is 30.3 Å². The minimum absolute atomic E-state index is 0.118. The lowest BCUT2D eigenvalue weighted by Gasteiger charge is -2.38. The van der Waals surface area contributed by atoms with Gasteiger partial charge in [0.25, 0.3) is 5.91 Å². The van der Waals surface area contributed by atoms with Crippen LogP contribution in [0.3, 0.4) is 0 Å². The highest BCUT2D eigenvalue weighted by Gasteiger charge is 2.24. The number of anilines is 3. The van der Waals surface area contributed by atoms with E-state index in [0.29, 0.717) is 23.7 Å². The van der Waals surface area contributed by atoms with Gasteiger partial charge in [-0.15, -0.1) is 0 Å². The lowest BCUT2D eigenvalue weighted by atomic mass is 9.96. The first-order valence-electron chi connectivity index (χ1n) is 13.6. The van der Waals surface area contributed by atoms with Crippen molar-refractivity contribution >= 4 is 29.0 Å². The number of methoxy groups -OCH3 is 1. The zero-order chi connectivity index (χ0) is 26.2. The number of hydrogen-bond donors (Lipinski definition) is 3. The molecule has 2 fully saturated rings. The molecular weight excluding hydrogens is 466 g/mol. The second-order valence-corrected chi connectivity index (χ2v) is 10.4. The van der Waals surface area contributed by atoms with Crippen LogP contribution < -0.4 is 30.5 Å². The van der Waals surface area contributed by atoms with E-state index in [9.17, 15) is 9.59 Å². The summed E-state index contributed by atoms with van der Waals surface area (Å²) in [6, 6.07) is 13.7. The summed E-state index contributed by atoms with van der Waals surface area (Å²) < 4.78 is 5.55. The molecule has 1 saturated carbocycles. The van der Waals surface area contributed by atoms with Crippen LogP contribution in [0.4, 0.5) is 21.9 Å². The Morgan fingerprint density at radius 1 is 0.946 bits per heavy atom. The number of piperazine rings is 1. The first-order chi connectivity index (χ1) is 17.9. The quantitative estimate of drug-likeness (QED) is 0.475. The van der Waals surface area contributed by atoms with Crippen LogP contribution in [0.1, 0.15) is 56.3 Å². The molecule has 0 atom stereocenters. The van der Waals surface area contributed by atoms with Gasteiger partial charge in [-0.25, -0.2) is 4.79 Å². The minimum Gasteiger partial charge on any atom is -0.495 e. The molecule has 1 saturated heterocycles. The highest BCUT2D eigenvalue weighted by atomic mass is 16.5. The van der Waals surface area contributed by atoms with Crippen molar-refractivity contribution in [3.8, 4) is 5.75 Å². The van der Waals surface area contributed by atoms with Crippen molar-refractivity contribution in [2.45, 2.75) is 52.0 Å². The summed E-state index contributed by atoms with van der Waals surface area (Å²) in [5.74, 6) is 1.10. The number of nitrogens with one attached hydrogen (secondary N) is 3. The normalized spacial score (nSPS) is 16.4. The fraction of sp³-hybridized carbons (Fsp3) is 0.517.